The van der Waals surface area contributed by atoms with Crippen molar-refractivity contribution >= 4 is 17.5 Å². The maximum absolute atomic E-state index is 11.9. The summed E-state index contributed by atoms with van der Waals surface area (Å²) >= 11 is 0. The summed E-state index contributed by atoms with van der Waals surface area (Å²) < 4.78 is 0. The largest absolute Gasteiger partial charge is 0.367 e. The van der Waals surface area contributed by atoms with Gasteiger partial charge in [-0.2, -0.15) is 0 Å². The van der Waals surface area contributed by atoms with Crippen molar-refractivity contribution in [2.24, 2.45) is 0 Å². The lowest BCUT2D eigenvalue weighted by Crippen LogP contribution is -2.48. The van der Waals surface area contributed by atoms with Crippen LogP contribution in [0.4, 0.5) is 11.6 Å². The van der Waals surface area contributed by atoms with E-state index in [0.717, 1.165) is 30.8 Å². The lowest BCUT2D eigenvalue weighted by atomic mass is 10.0. The summed E-state index contributed by atoms with van der Waals surface area (Å²) in [7, 11) is 1.85. The Morgan fingerprint density at radius 2 is 1.81 bits per heavy atom. The number of rotatable bonds is 4. The van der Waals surface area contributed by atoms with Crippen LogP contribution in [0.2, 0.25) is 0 Å². The summed E-state index contributed by atoms with van der Waals surface area (Å²) in [5.74, 6) is 1.86. The third-order valence-electron chi connectivity index (χ3n) is 6.16. The Hall–Kier alpha value is -1.89. The number of likely N-dealkylation sites (tertiary alicyclic amines) is 1. The number of piperidine rings is 1. The van der Waals surface area contributed by atoms with Crippen LogP contribution in [0.3, 0.4) is 0 Å². The highest BCUT2D eigenvalue weighted by Gasteiger charge is 2.27. The highest BCUT2D eigenvalue weighted by molar-refractivity contribution is 5.82. The molecule has 2 saturated heterocycles. The molecule has 1 saturated carbocycles. The number of amides is 1. The molecule has 0 atom stereocenters. The molecule has 0 aromatic carbocycles. The van der Waals surface area contributed by atoms with Gasteiger partial charge in [-0.05, 0) is 25.7 Å². The van der Waals surface area contributed by atoms with Gasteiger partial charge >= 0.3 is 0 Å². The highest BCUT2D eigenvalue weighted by Crippen LogP contribution is 2.27. The number of anilines is 2. The van der Waals surface area contributed by atoms with Gasteiger partial charge in [0.1, 0.15) is 18.0 Å². The summed E-state index contributed by atoms with van der Waals surface area (Å²) in [5.41, 5.74) is 0. The second-order valence-electron chi connectivity index (χ2n) is 7.89. The Kier molecular flexibility index (Phi) is 5.24. The lowest BCUT2D eigenvalue weighted by molar-refractivity contribution is -0.129. The van der Waals surface area contributed by atoms with Crippen LogP contribution >= 0.6 is 0 Å². The first-order chi connectivity index (χ1) is 12.7. The number of carbonyl (C=O) groups is 1. The summed E-state index contributed by atoms with van der Waals surface area (Å²) in [6.07, 6.45) is 9.52. The molecule has 3 aliphatic rings. The smallest absolute Gasteiger partial charge is 0.241 e. The van der Waals surface area contributed by atoms with Gasteiger partial charge in [-0.15, -0.1) is 0 Å². The molecule has 1 amide bonds. The van der Waals surface area contributed by atoms with E-state index < -0.39 is 0 Å². The molecule has 0 bridgehead atoms. The topological polar surface area (TPSA) is 64.6 Å². The van der Waals surface area contributed by atoms with Crippen molar-refractivity contribution in [2.75, 3.05) is 50.0 Å². The van der Waals surface area contributed by atoms with Crippen molar-refractivity contribution in [3.8, 4) is 0 Å². The van der Waals surface area contributed by atoms with Gasteiger partial charge in [-0.3, -0.25) is 4.79 Å². The van der Waals surface area contributed by atoms with Crippen LogP contribution in [-0.2, 0) is 4.79 Å². The minimum atomic E-state index is 0.142. The fraction of sp³-hybridized carbons (Fsp3) is 0.737. The molecule has 0 spiro atoms. The Bertz CT molecular complexity index is 624. The SMILES string of the molecule is CN1CCN(c2cc(NC3CCN(C4CCCC4)CC3)ncn2)CC1=O. The van der Waals surface area contributed by atoms with Gasteiger partial charge in [-0.1, -0.05) is 12.8 Å². The quantitative estimate of drug-likeness (QED) is 0.882. The number of nitrogens with one attached hydrogen (secondary N) is 1. The van der Waals surface area contributed by atoms with E-state index in [1.807, 2.05) is 18.0 Å². The summed E-state index contributed by atoms with van der Waals surface area (Å²) in [5, 5.41) is 3.59. The molecular formula is C19H30N6O. The Labute approximate surface area is 155 Å². The Morgan fingerprint density at radius 3 is 2.54 bits per heavy atom. The van der Waals surface area contributed by atoms with E-state index in [0.29, 0.717) is 12.6 Å². The lowest BCUT2D eigenvalue weighted by Gasteiger charge is -2.36. The molecular weight excluding hydrogens is 328 g/mol. The molecule has 3 fully saturated rings. The van der Waals surface area contributed by atoms with Gasteiger partial charge in [0.2, 0.25) is 5.91 Å². The number of carbonyl (C=O) groups excluding carboxylic acids is 1. The van der Waals surface area contributed by atoms with Gasteiger partial charge in [0.25, 0.3) is 0 Å². The Morgan fingerprint density at radius 1 is 1.04 bits per heavy atom. The van der Waals surface area contributed by atoms with Gasteiger partial charge in [0.15, 0.2) is 0 Å². The van der Waals surface area contributed by atoms with Gasteiger partial charge in [0.05, 0.1) is 6.54 Å². The van der Waals surface area contributed by atoms with E-state index in [2.05, 4.69) is 20.2 Å². The van der Waals surface area contributed by atoms with E-state index in [4.69, 9.17) is 0 Å². The van der Waals surface area contributed by atoms with E-state index in [-0.39, 0.29) is 5.91 Å². The zero-order valence-corrected chi connectivity index (χ0v) is 15.7. The van der Waals surface area contributed by atoms with Crippen molar-refractivity contribution in [2.45, 2.75) is 50.6 Å². The first-order valence-electron chi connectivity index (χ1n) is 10.0. The van der Waals surface area contributed by atoms with Crippen molar-refractivity contribution in [3.05, 3.63) is 12.4 Å². The monoisotopic (exact) mass is 358 g/mol. The first kappa shape index (κ1) is 17.5. The molecule has 7 heteroatoms. The van der Waals surface area contributed by atoms with E-state index >= 15 is 0 Å². The van der Waals surface area contributed by atoms with Gasteiger partial charge < -0.3 is 20.0 Å². The van der Waals surface area contributed by atoms with Crippen LogP contribution in [0.25, 0.3) is 0 Å². The van der Waals surface area contributed by atoms with Crippen LogP contribution in [0.5, 0.6) is 0 Å². The fourth-order valence-electron chi connectivity index (χ4n) is 4.44. The predicted octanol–water partition coefficient (Wildman–Crippen LogP) is 1.57. The minimum Gasteiger partial charge on any atom is -0.367 e. The number of likely N-dealkylation sites (N-methyl/N-ethyl adjacent to an activating group) is 1. The highest BCUT2D eigenvalue weighted by atomic mass is 16.2. The minimum absolute atomic E-state index is 0.142. The van der Waals surface area contributed by atoms with Crippen molar-refractivity contribution in [1.29, 1.82) is 0 Å². The molecule has 1 aromatic rings. The molecule has 2 aliphatic heterocycles. The Balaban J connectivity index is 1.32. The zero-order valence-electron chi connectivity index (χ0n) is 15.7. The molecule has 7 nitrogen and oxygen atoms in total. The van der Waals surface area contributed by atoms with Crippen LogP contribution in [0.1, 0.15) is 38.5 Å². The van der Waals surface area contributed by atoms with Crippen molar-refractivity contribution in [1.82, 2.24) is 19.8 Å². The average Bonchev–Trinajstić information content (AvgIpc) is 3.20. The molecule has 26 heavy (non-hydrogen) atoms. The van der Waals surface area contributed by atoms with Crippen LogP contribution in [-0.4, -0.2) is 77.5 Å². The molecule has 4 rings (SSSR count). The molecule has 142 valence electrons. The molecule has 1 aromatic heterocycles. The molecule has 3 heterocycles. The normalized spacial score (nSPS) is 23.7. The second-order valence-corrected chi connectivity index (χ2v) is 7.89. The number of nitrogens with zero attached hydrogens (tertiary/aromatic N) is 5. The zero-order chi connectivity index (χ0) is 17.9. The summed E-state index contributed by atoms with van der Waals surface area (Å²) in [4.78, 5) is 27.2. The van der Waals surface area contributed by atoms with Crippen molar-refractivity contribution < 1.29 is 4.79 Å². The molecule has 0 radical (unpaired) electrons. The van der Waals surface area contributed by atoms with Crippen LogP contribution in [0.15, 0.2) is 12.4 Å². The van der Waals surface area contributed by atoms with Crippen LogP contribution in [0, 0.1) is 0 Å². The second kappa shape index (κ2) is 7.78. The van der Waals surface area contributed by atoms with E-state index in [1.54, 1.807) is 11.2 Å². The summed E-state index contributed by atoms with van der Waals surface area (Å²) in [6.45, 7) is 4.33. The number of aromatic nitrogens is 2. The van der Waals surface area contributed by atoms with E-state index in [9.17, 15) is 4.79 Å². The maximum atomic E-state index is 11.9. The first-order valence-corrected chi connectivity index (χ1v) is 10.0. The van der Waals surface area contributed by atoms with Gasteiger partial charge in [-0.25, -0.2) is 9.97 Å². The summed E-state index contributed by atoms with van der Waals surface area (Å²) in [6, 6.07) is 3.29. The molecule has 1 aliphatic carbocycles. The number of hydrogen-bond donors (Lipinski definition) is 1. The molecule has 1 N–H and O–H groups in total. The average molecular weight is 358 g/mol. The number of piperazine rings is 1. The third-order valence-corrected chi connectivity index (χ3v) is 6.16. The fourth-order valence-corrected chi connectivity index (χ4v) is 4.44. The molecule has 0 unspecified atom stereocenters. The van der Waals surface area contributed by atoms with Gasteiger partial charge in [0, 0.05) is 51.4 Å². The van der Waals surface area contributed by atoms with Crippen LogP contribution < -0.4 is 10.2 Å². The predicted molar refractivity (Wildman–Crippen MR) is 102 cm³/mol. The third kappa shape index (κ3) is 3.92. The standard InChI is InChI=1S/C19H30N6O/c1-23-10-11-25(13-19(23)26)18-12-17(20-14-21-18)22-15-6-8-24(9-7-15)16-4-2-3-5-16/h12,14-16H,2-11,13H2,1H3,(H,20,21,22). The van der Waals surface area contributed by atoms with Crippen molar-refractivity contribution in [3.63, 3.8) is 0 Å². The maximum Gasteiger partial charge on any atom is 0.241 e. The number of hydrogen-bond acceptors (Lipinski definition) is 6. The van der Waals surface area contributed by atoms with E-state index in [1.165, 1.54) is 51.6 Å².